The highest BCUT2D eigenvalue weighted by Crippen LogP contribution is 2.35. The Morgan fingerprint density at radius 3 is 2.44 bits per heavy atom. The summed E-state index contributed by atoms with van der Waals surface area (Å²) in [4.78, 5) is 32.1. The number of nitrogens with two attached hydrogens (primary N) is 1. The van der Waals surface area contributed by atoms with E-state index in [0.717, 1.165) is 38.8 Å². The number of ether oxygens (including phenoxy) is 1. The molecule has 2 amide bonds. The molecule has 4 rings (SSSR count). The van der Waals surface area contributed by atoms with Gasteiger partial charge in [-0.25, -0.2) is 13.6 Å². The van der Waals surface area contributed by atoms with Crippen molar-refractivity contribution < 1.29 is 23.1 Å². The maximum absolute atomic E-state index is 15.2. The number of amides is 2. The topological polar surface area (TPSA) is 80.2 Å². The third-order valence-electron chi connectivity index (χ3n) is 8.65. The zero-order valence-electron chi connectivity index (χ0n) is 24.0. The van der Waals surface area contributed by atoms with Crippen molar-refractivity contribution in [3.8, 4) is 16.9 Å². The molecule has 0 saturated carbocycles. The van der Waals surface area contributed by atoms with E-state index in [1.807, 2.05) is 13.8 Å². The lowest BCUT2D eigenvalue weighted by molar-refractivity contribution is -0.123. The number of likely N-dealkylation sites (tertiary alicyclic amines) is 2. The lowest BCUT2D eigenvalue weighted by Gasteiger charge is -2.36. The van der Waals surface area contributed by atoms with Crippen LogP contribution in [-0.2, 0) is 4.79 Å². The highest BCUT2D eigenvalue weighted by atomic mass is 19.1. The first-order valence-corrected chi connectivity index (χ1v) is 14.6. The van der Waals surface area contributed by atoms with Crippen molar-refractivity contribution in [2.75, 3.05) is 32.8 Å². The second-order valence-corrected chi connectivity index (χ2v) is 11.3. The zero-order valence-corrected chi connectivity index (χ0v) is 24.0. The van der Waals surface area contributed by atoms with Gasteiger partial charge in [-0.2, -0.15) is 0 Å². The Kier molecular flexibility index (Phi) is 9.98. The van der Waals surface area contributed by atoms with E-state index < -0.39 is 29.3 Å². The molecular weight excluding hydrogens is 526 g/mol. The molecule has 7 nitrogen and oxygen atoms in total. The number of rotatable bonds is 10. The van der Waals surface area contributed by atoms with E-state index in [0.29, 0.717) is 56.2 Å². The highest BCUT2D eigenvalue weighted by molar-refractivity contribution is 5.98. The van der Waals surface area contributed by atoms with Crippen LogP contribution in [0.1, 0.15) is 69.2 Å². The van der Waals surface area contributed by atoms with Crippen molar-refractivity contribution in [1.29, 1.82) is 0 Å². The van der Waals surface area contributed by atoms with Crippen LogP contribution >= 0.6 is 0 Å². The molecule has 2 N–H and O–H groups in total. The molecule has 1 atom stereocenters. The maximum atomic E-state index is 15.2. The number of carbonyl (C=O) groups is 2. The molecule has 2 aliphatic heterocycles. The number of alkyl halides is 1. The largest absolute Gasteiger partial charge is 0.504 e. The molecule has 0 unspecified atom stereocenters. The summed E-state index contributed by atoms with van der Waals surface area (Å²) in [6.07, 6.45) is 4.93. The zero-order chi connectivity index (χ0) is 29.6. The lowest BCUT2D eigenvalue weighted by Crippen LogP contribution is -2.50. The number of halogens is 2. The molecule has 2 aromatic carbocycles. The molecule has 0 spiro atoms. The van der Waals surface area contributed by atoms with Gasteiger partial charge in [0.25, 0.3) is 5.91 Å². The van der Waals surface area contributed by atoms with Gasteiger partial charge in [-0.15, -0.1) is 0 Å². The minimum absolute atomic E-state index is 0.150. The monoisotopic (exact) mass is 566 g/mol. The molecule has 9 heteroatoms. The third-order valence-corrected chi connectivity index (χ3v) is 8.65. The van der Waals surface area contributed by atoms with Crippen molar-refractivity contribution in [1.82, 2.24) is 9.80 Å². The predicted octanol–water partition coefficient (Wildman–Crippen LogP) is 6.14. The smallest absolute Gasteiger partial charge is 0.254 e. The fourth-order valence-electron chi connectivity index (χ4n) is 5.81. The van der Waals surface area contributed by atoms with Crippen molar-refractivity contribution >= 4 is 17.5 Å². The number of piperidine rings is 2. The molecule has 0 aromatic heterocycles. The summed E-state index contributed by atoms with van der Waals surface area (Å²) in [7, 11) is 0. The van der Waals surface area contributed by atoms with E-state index in [-0.39, 0.29) is 16.8 Å². The number of primary amides is 1. The summed E-state index contributed by atoms with van der Waals surface area (Å²) < 4.78 is 36.0. The van der Waals surface area contributed by atoms with Gasteiger partial charge in [0.05, 0.1) is 13.2 Å². The average Bonchev–Trinajstić information content (AvgIpc) is 3.00. The molecule has 220 valence electrons. The van der Waals surface area contributed by atoms with Crippen LogP contribution in [0.2, 0.25) is 0 Å². The molecule has 0 radical (unpaired) electrons. The second kappa shape index (κ2) is 13.4. The Labute approximate surface area is 241 Å². The first kappa shape index (κ1) is 30.4. The minimum atomic E-state index is -1.13. The SMILES string of the molecule is [C-]#[N+]c1cc(-c2ccc(C(=O)N3CCCC[C@@H]3C(N)=O)cc2F)ccc1OCC1CCN(CC(F)(CC)CC)CC1. The van der Waals surface area contributed by atoms with Crippen LogP contribution in [0.4, 0.5) is 14.5 Å². The van der Waals surface area contributed by atoms with Gasteiger partial charge in [-0.05, 0) is 93.8 Å². The molecule has 2 heterocycles. The van der Waals surface area contributed by atoms with Gasteiger partial charge in [-0.3, -0.25) is 9.59 Å². The third kappa shape index (κ3) is 7.23. The van der Waals surface area contributed by atoms with Crippen molar-refractivity contribution in [2.45, 2.75) is 70.5 Å². The molecule has 0 bridgehead atoms. The maximum Gasteiger partial charge on any atom is 0.254 e. The fraction of sp³-hybridized carbons (Fsp3) is 0.531. The van der Waals surface area contributed by atoms with E-state index in [9.17, 15) is 14.0 Å². The summed E-state index contributed by atoms with van der Waals surface area (Å²) in [5, 5.41) is 0. The van der Waals surface area contributed by atoms with Gasteiger partial charge in [0.15, 0.2) is 0 Å². The van der Waals surface area contributed by atoms with Gasteiger partial charge in [0.2, 0.25) is 11.6 Å². The molecule has 41 heavy (non-hydrogen) atoms. The van der Waals surface area contributed by atoms with Crippen LogP contribution in [0.15, 0.2) is 36.4 Å². The number of nitrogens with zero attached hydrogens (tertiary/aromatic N) is 3. The lowest BCUT2D eigenvalue weighted by atomic mass is 9.94. The van der Waals surface area contributed by atoms with Crippen molar-refractivity contribution in [3.05, 3.63) is 59.2 Å². The highest BCUT2D eigenvalue weighted by Gasteiger charge is 2.32. The van der Waals surface area contributed by atoms with E-state index in [1.54, 1.807) is 18.2 Å². The summed E-state index contributed by atoms with van der Waals surface area (Å²) in [5.74, 6) is -0.807. The van der Waals surface area contributed by atoms with Crippen LogP contribution in [0.5, 0.6) is 5.75 Å². The number of hydrogen-bond donors (Lipinski definition) is 1. The molecular formula is C32H40F2N4O3. The second-order valence-electron chi connectivity index (χ2n) is 11.3. The van der Waals surface area contributed by atoms with E-state index in [2.05, 4.69) is 9.74 Å². The molecule has 0 aliphatic carbocycles. The van der Waals surface area contributed by atoms with Gasteiger partial charge in [0, 0.05) is 24.2 Å². The standard InChI is InChI=1S/C32H40F2N4O3/c1-4-32(34,5-2)21-37-16-13-22(14-17-37)20-41-29-12-10-23(19-27(29)36-3)25-11-9-24(18-26(25)33)31(40)38-15-7-6-8-28(38)30(35)39/h9-12,18-19,22,28H,4-8,13-17,20-21H2,1-2H3,(H2,35,39)/t28-/m1/s1. The average molecular weight is 567 g/mol. The van der Waals surface area contributed by atoms with Crippen LogP contribution < -0.4 is 10.5 Å². The van der Waals surface area contributed by atoms with Crippen LogP contribution in [0.3, 0.4) is 0 Å². The van der Waals surface area contributed by atoms with E-state index in [4.69, 9.17) is 17.0 Å². The predicted molar refractivity (Wildman–Crippen MR) is 155 cm³/mol. The summed E-state index contributed by atoms with van der Waals surface area (Å²) in [5.41, 5.74) is 5.55. The van der Waals surface area contributed by atoms with E-state index >= 15 is 4.39 Å². The van der Waals surface area contributed by atoms with Crippen LogP contribution in [0.25, 0.3) is 16.0 Å². The molecule has 2 aliphatic rings. The first-order valence-electron chi connectivity index (χ1n) is 14.6. The Morgan fingerprint density at radius 1 is 1.07 bits per heavy atom. The normalized spacial score (nSPS) is 18.6. The van der Waals surface area contributed by atoms with Crippen molar-refractivity contribution in [2.24, 2.45) is 11.7 Å². The quantitative estimate of drug-likeness (QED) is 0.350. The van der Waals surface area contributed by atoms with Gasteiger partial charge < -0.3 is 20.3 Å². The first-order chi connectivity index (χ1) is 19.7. The minimum Gasteiger partial charge on any atom is -0.504 e. The Hall–Kier alpha value is -3.51. The van der Waals surface area contributed by atoms with Gasteiger partial charge >= 0.3 is 0 Å². The summed E-state index contributed by atoms with van der Waals surface area (Å²) in [6, 6.07) is 8.53. The van der Waals surface area contributed by atoms with Crippen LogP contribution in [-0.4, -0.2) is 66.1 Å². The van der Waals surface area contributed by atoms with Gasteiger partial charge in [-0.1, -0.05) is 26.0 Å². The van der Waals surface area contributed by atoms with Crippen molar-refractivity contribution in [3.63, 3.8) is 0 Å². The summed E-state index contributed by atoms with van der Waals surface area (Å²) >= 11 is 0. The van der Waals surface area contributed by atoms with E-state index in [1.165, 1.54) is 23.1 Å². The summed E-state index contributed by atoms with van der Waals surface area (Å²) in [6.45, 7) is 14.4. The number of benzene rings is 2. The number of carbonyl (C=O) groups excluding carboxylic acids is 2. The Bertz CT molecular complexity index is 1280. The molecule has 2 aromatic rings. The molecule has 2 fully saturated rings. The molecule has 2 saturated heterocycles. The Balaban J connectivity index is 1.39. The number of hydrogen-bond acceptors (Lipinski definition) is 4. The van der Waals surface area contributed by atoms with Gasteiger partial charge in [0.1, 0.15) is 23.3 Å². The Morgan fingerprint density at radius 2 is 1.80 bits per heavy atom. The van der Waals surface area contributed by atoms with Crippen LogP contribution in [0, 0.1) is 18.3 Å². The fourth-order valence-corrected chi connectivity index (χ4v) is 5.81.